The standard InChI is InChI=1S/C13H23NO3S2/c1-5-9(2)6-11(4)14-19(16,17)13-7-10(3)12(8-15)18-13/h7,9,11,14-15H,5-6,8H2,1-4H3. The number of sulfonamides is 1. The summed E-state index contributed by atoms with van der Waals surface area (Å²) in [5.41, 5.74) is 0.822. The molecule has 0 fully saturated rings. The van der Waals surface area contributed by atoms with Crippen LogP contribution in [0.5, 0.6) is 0 Å². The molecule has 0 aliphatic rings. The van der Waals surface area contributed by atoms with Crippen LogP contribution in [0.25, 0.3) is 0 Å². The van der Waals surface area contributed by atoms with Gasteiger partial charge in [0.25, 0.3) is 0 Å². The van der Waals surface area contributed by atoms with Crippen molar-refractivity contribution in [2.45, 2.75) is 57.4 Å². The van der Waals surface area contributed by atoms with Crippen LogP contribution < -0.4 is 4.72 Å². The molecule has 110 valence electrons. The molecule has 0 amide bonds. The SMILES string of the molecule is CCC(C)CC(C)NS(=O)(=O)c1cc(C)c(CO)s1. The molecule has 4 nitrogen and oxygen atoms in total. The van der Waals surface area contributed by atoms with E-state index in [1.807, 2.05) is 13.8 Å². The minimum atomic E-state index is -3.47. The molecule has 0 spiro atoms. The normalized spacial score (nSPS) is 15.4. The zero-order valence-corrected chi connectivity index (χ0v) is 13.6. The molecule has 1 heterocycles. The maximum atomic E-state index is 12.2. The topological polar surface area (TPSA) is 66.4 Å². The zero-order chi connectivity index (χ0) is 14.6. The van der Waals surface area contributed by atoms with Gasteiger partial charge in [-0.1, -0.05) is 20.3 Å². The molecule has 6 heteroatoms. The Balaban J connectivity index is 2.80. The van der Waals surface area contributed by atoms with Crippen LogP contribution >= 0.6 is 11.3 Å². The Morgan fingerprint density at radius 2 is 2.05 bits per heavy atom. The van der Waals surface area contributed by atoms with Crippen LogP contribution in [0.2, 0.25) is 0 Å². The number of aliphatic hydroxyl groups excluding tert-OH is 1. The van der Waals surface area contributed by atoms with Crippen LogP contribution in [-0.2, 0) is 16.6 Å². The lowest BCUT2D eigenvalue weighted by Gasteiger charge is -2.16. The summed E-state index contributed by atoms with van der Waals surface area (Å²) in [4.78, 5) is 0.704. The summed E-state index contributed by atoms with van der Waals surface area (Å²) in [5.74, 6) is 0.496. The Kier molecular flexibility index (Phi) is 5.98. The number of aryl methyl sites for hydroxylation is 1. The molecule has 0 bridgehead atoms. The van der Waals surface area contributed by atoms with Gasteiger partial charge >= 0.3 is 0 Å². The Bertz CT molecular complexity index is 508. The largest absolute Gasteiger partial charge is 0.391 e. The summed E-state index contributed by atoms with van der Waals surface area (Å²) >= 11 is 1.13. The monoisotopic (exact) mass is 305 g/mol. The van der Waals surface area contributed by atoms with Crippen LogP contribution in [-0.4, -0.2) is 19.6 Å². The van der Waals surface area contributed by atoms with E-state index in [-0.39, 0.29) is 16.9 Å². The van der Waals surface area contributed by atoms with E-state index in [1.54, 1.807) is 6.07 Å². The molecular formula is C13H23NO3S2. The van der Waals surface area contributed by atoms with Gasteiger partial charge in [0.1, 0.15) is 4.21 Å². The number of thiophene rings is 1. The first-order valence-electron chi connectivity index (χ1n) is 6.52. The van der Waals surface area contributed by atoms with Gasteiger partial charge in [0.05, 0.1) is 6.61 Å². The lowest BCUT2D eigenvalue weighted by molar-refractivity contribution is 0.285. The molecule has 0 saturated heterocycles. The predicted molar refractivity (Wildman–Crippen MR) is 78.8 cm³/mol. The van der Waals surface area contributed by atoms with Gasteiger partial charge < -0.3 is 5.11 Å². The summed E-state index contributed by atoms with van der Waals surface area (Å²) in [6.07, 6.45) is 1.87. The van der Waals surface area contributed by atoms with Crippen LogP contribution in [0.15, 0.2) is 10.3 Å². The van der Waals surface area contributed by atoms with Gasteiger partial charge in [0, 0.05) is 10.9 Å². The highest BCUT2D eigenvalue weighted by atomic mass is 32.2. The van der Waals surface area contributed by atoms with Crippen molar-refractivity contribution in [1.82, 2.24) is 4.72 Å². The molecule has 19 heavy (non-hydrogen) atoms. The summed E-state index contributed by atoms with van der Waals surface area (Å²) in [6, 6.07) is 1.54. The minimum absolute atomic E-state index is 0.0834. The summed E-state index contributed by atoms with van der Waals surface area (Å²) in [5, 5.41) is 9.13. The van der Waals surface area contributed by atoms with Crippen molar-refractivity contribution in [1.29, 1.82) is 0 Å². The Hall–Kier alpha value is -0.430. The molecule has 2 unspecified atom stereocenters. The highest BCUT2D eigenvalue weighted by Gasteiger charge is 2.21. The summed E-state index contributed by atoms with van der Waals surface area (Å²) < 4.78 is 27.4. The predicted octanol–water partition coefficient (Wildman–Crippen LogP) is 2.65. The van der Waals surface area contributed by atoms with Gasteiger partial charge in [-0.3, -0.25) is 0 Å². The number of hydrogen-bond acceptors (Lipinski definition) is 4. The minimum Gasteiger partial charge on any atom is -0.391 e. The van der Waals surface area contributed by atoms with Crippen molar-refractivity contribution in [2.24, 2.45) is 5.92 Å². The second kappa shape index (κ2) is 6.83. The third-order valence-corrected chi connectivity index (χ3v) is 6.50. The van der Waals surface area contributed by atoms with Crippen molar-refractivity contribution >= 4 is 21.4 Å². The van der Waals surface area contributed by atoms with Crippen LogP contribution in [0.4, 0.5) is 0 Å². The van der Waals surface area contributed by atoms with Crippen LogP contribution in [0, 0.1) is 12.8 Å². The number of rotatable bonds is 7. The lowest BCUT2D eigenvalue weighted by atomic mass is 10.0. The van der Waals surface area contributed by atoms with E-state index in [1.165, 1.54) is 0 Å². The van der Waals surface area contributed by atoms with E-state index in [0.29, 0.717) is 10.8 Å². The van der Waals surface area contributed by atoms with Gasteiger partial charge in [-0.25, -0.2) is 13.1 Å². The average molecular weight is 305 g/mol. The quantitative estimate of drug-likeness (QED) is 0.814. The number of aliphatic hydroxyl groups is 1. The molecule has 0 aliphatic heterocycles. The second-order valence-corrected chi connectivity index (χ2v) is 8.18. The van der Waals surface area contributed by atoms with Crippen molar-refractivity contribution in [3.63, 3.8) is 0 Å². The maximum absolute atomic E-state index is 12.2. The molecule has 1 aromatic heterocycles. The Labute approximate surface area is 119 Å². The number of hydrogen-bond donors (Lipinski definition) is 2. The van der Waals surface area contributed by atoms with E-state index < -0.39 is 10.0 Å². The van der Waals surface area contributed by atoms with Crippen molar-refractivity contribution in [3.8, 4) is 0 Å². The van der Waals surface area contributed by atoms with Crippen LogP contribution in [0.1, 0.15) is 44.1 Å². The molecule has 0 radical (unpaired) electrons. The van der Waals surface area contributed by atoms with Crippen LogP contribution in [0.3, 0.4) is 0 Å². The fourth-order valence-corrected chi connectivity index (χ4v) is 4.64. The molecule has 1 aromatic rings. The van der Waals surface area contributed by atoms with E-state index in [2.05, 4.69) is 18.6 Å². The van der Waals surface area contributed by atoms with Gasteiger partial charge in [0.15, 0.2) is 0 Å². The summed E-state index contributed by atoms with van der Waals surface area (Å²) in [7, 11) is -3.47. The molecule has 2 N–H and O–H groups in total. The smallest absolute Gasteiger partial charge is 0.250 e. The van der Waals surface area contributed by atoms with Gasteiger partial charge in [-0.2, -0.15) is 0 Å². The first-order chi connectivity index (χ1) is 8.80. The molecule has 0 aromatic carbocycles. The number of nitrogens with one attached hydrogen (secondary N) is 1. The lowest BCUT2D eigenvalue weighted by Crippen LogP contribution is -2.33. The van der Waals surface area contributed by atoms with Crippen molar-refractivity contribution in [3.05, 3.63) is 16.5 Å². The maximum Gasteiger partial charge on any atom is 0.250 e. The van der Waals surface area contributed by atoms with Gasteiger partial charge in [0.2, 0.25) is 10.0 Å². The van der Waals surface area contributed by atoms with Gasteiger partial charge in [-0.15, -0.1) is 11.3 Å². The zero-order valence-electron chi connectivity index (χ0n) is 11.9. The molecule has 1 rings (SSSR count). The third kappa shape index (κ3) is 4.56. The Morgan fingerprint density at radius 3 is 2.53 bits per heavy atom. The molecule has 2 atom stereocenters. The van der Waals surface area contributed by atoms with E-state index in [0.717, 1.165) is 29.7 Å². The van der Waals surface area contributed by atoms with E-state index in [4.69, 9.17) is 5.11 Å². The fraction of sp³-hybridized carbons (Fsp3) is 0.692. The van der Waals surface area contributed by atoms with E-state index in [9.17, 15) is 8.42 Å². The molecular weight excluding hydrogens is 282 g/mol. The van der Waals surface area contributed by atoms with Crippen molar-refractivity contribution < 1.29 is 13.5 Å². The highest BCUT2D eigenvalue weighted by Crippen LogP contribution is 2.26. The third-order valence-electron chi connectivity index (χ3n) is 3.22. The summed E-state index contributed by atoms with van der Waals surface area (Å²) in [6.45, 7) is 7.79. The van der Waals surface area contributed by atoms with E-state index >= 15 is 0 Å². The Morgan fingerprint density at radius 1 is 1.42 bits per heavy atom. The van der Waals surface area contributed by atoms with Gasteiger partial charge in [-0.05, 0) is 37.8 Å². The molecule has 0 saturated carbocycles. The second-order valence-electron chi connectivity index (χ2n) is 5.10. The van der Waals surface area contributed by atoms with Crippen molar-refractivity contribution in [2.75, 3.05) is 0 Å². The highest BCUT2D eigenvalue weighted by molar-refractivity contribution is 7.91. The fourth-order valence-electron chi connectivity index (χ4n) is 1.92. The first-order valence-corrected chi connectivity index (χ1v) is 8.82. The average Bonchev–Trinajstić information content (AvgIpc) is 2.70. The molecule has 0 aliphatic carbocycles. The first kappa shape index (κ1) is 16.6.